The zero-order chi connectivity index (χ0) is 23.2. The van der Waals surface area contributed by atoms with E-state index in [0.29, 0.717) is 11.5 Å². The van der Waals surface area contributed by atoms with Gasteiger partial charge in [0.1, 0.15) is 5.75 Å². The van der Waals surface area contributed by atoms with Crippen molar-refractivity contribution in [3.05, 3.63) is 108 Å². The van der Waals surface area contributed by atoms with Crippen LogP contribution >= 0.6 is 67.8 Å². The normalized spacial score (nSPS) is 10.8. The zero-order valence-electron chi connectivity index (χ0n) is 17.2. The van der Waals surface area contributed by atoms with Crippen molar-refractivity contribution >= 4 is 84.6 Å². The van der Waals surface area contributed by atoms with E-state index in [-0.39, 0.29) is 17.5 Å². The van der Waals surface area contributed by atoms with E-state index in [1.165, 1.54) is 14.7 Å². The molecule has 0 radical (unpaired) electrons. The molecule has 4 aromatic carbocycles. The lowest BCUT2D eigenvalue weighted by Crippen LogP contribution is -2.18. The van der Waals surface area contributed by atoms with Gasteiger partial charge in [-0.15, -0.1) is 0 Å². The van der Waals surface area contributed by atoms with Crippen molar-refractivity contribution in [3.8, 4) is 11.5 Å². The van der Waals surface area contributed by atoms with Crippen LogP contribution in [-0.4, -0.2) is 12.6 Å². The second-order valence-electron chi connectivity index (χ2n) is 6.87. The van der Waals surface area contributed by atoms with Crippen molar-refractivity contribution in [1.82, 2.24) is 0 Å². The maximum atomic E-state index is 12.4. The Labute approximate surface area is 237 Å². The Hall–Kier alpha value is -1.31. The number of ether oxygens (including phenoxy) is 2. The fourth-order valence-corrected chi connectivity index (χ4v) is 8.99. The summed E-state index contributed by atoms with van der Waals surface area (Å²) in [6.45, 7) is -0.152. The van der Waals surface area contributed by atoms with Gasteiger partial charge in [0.25, 0.3) is 0 Å². The van der Waals surface area contributed by atoms with E-state index < -0.39 is 5.97 Å². The molecule has 7 heteroatoms. The van der Waals surface area contributed by atoms with E-state index in [2.05, 4.69) is 128 Å². The van der Waals surface area contributed by atoms with Gasteiger partial charge in [-0.2, -0.15) is 0 Å². The van der Waals surface area contributed by atoms with Gasteiger partial charge in [0.05, 0.1) is 18.0 Å². The van der Waals surface area contributed by atoms with Gasteiger partial charge in [-0.1, -0.05) is 36.4 Å². The molecule has 0 heterocycles. The predicted octanol–water partition coefficient (Wildman–Crippen LogP) is 7.58. The fourth-order valence-electron chi connectivity index (χ4n) is 3.11. The maximum Gasteiger partial charge on any atom is 0.349 e. The lowest BCUT2D eigenvalue weighted by molar-refractivity contribution is -0.136. The average Bonchev–Trinajstić information content (AvgIpc) is 2.82. The second-order valence-corrected chi connectivity index (χ2v) is 12.5. The molecular weight excluding hydrogens is 773 g/mol. The summed E-state index contributed by atoms with van der Waals surface area (Å²) in [5, 5.41) is 0. The third-order valence-electron chi connectivity index (χ3n) is 4.55. The SMILES string of the molecule is O=C(COc1ccc([S+](c2ccccc2)c2ccccc2)cc1)Oc1c(I)cc(I)cc1I. The summed E-state index contributed by atoms with van der Waals surface area (Å²) in [7, 11) is -0.219. The summed E-state index contributed by atoms with van der Waals surface area (Å²) < 4.78 is 14.2. The highest BCUT2D eigenvalue weighted by molar-refractivity contribution is 14.1. The third kappa shape index (κ3) is 6.64. The molecule has 0 N–H and O–H groups in total. The minimum Gasteiger partial charge on any atom is -0.482 e. The number of carbonyl (C=O) groups excluding carboxylic acids is 1. The molecular formula is C26H18I3O3S+. The molecule has 0 unspecified atom stereocenters. The molecule has 0 spiro atoms. The quantitative estimate of drug-likeness (QED) is 0.0839. The van der Waals surface area contributed by atoms with E-state index >= 15 is 0 Å². The number of carbonyl (C=O) groups is 1. The van der Waals surface area contributed by atoms with Gasteiger partial charge in [-0.3, -0.25) is 0 Å². The largest absolute Gasteiger partial charge is 0.482 e. The molecule has 0 saturated heterocycles. The smallest absolute Gasteiger partial charge is 0.349 e. The molecule has 3 nitrogen and oxygen atoms in total. The summed E-state index contributed by atoms with van der Waals surface area (Å²) >= 11 is 6.60. The van der Waals surface area contributed by atoms with E-state index in [9.17, 15) is 4.79 Å². The van der Waals surface area contributed by atoms with Gasteiger partial charge < -0.3 is 9.47 Å². The minimum atomic E-state index is -0.426. The zero-order valence-corrected chi connectivity index (χ0v) is 24.5. The Balaban J connectivity index is 1.46. The van der Waals surface area contributed by atoms with Crippen molar-refractivity contribution in [1.29, 1.82) is 0 Å². The van der Waals surface area contributed by atoms with Gasteiger partial charge in [-0.25, -0.2) is 4.79 Å². The molecule has 0 bridgehead atoms. The maximum absolute atomic E-state index is 12.4. The number of hydrogen-bond acceptors (Lipinski definition) is 3. The van der Waals surface area contributed by atoms with Crippen LogP contribution in [0.4, 0.5) is 0 Å². The Morgan fingerprint density at radius 3 is 1.70 bits per heavy atom. The van der Waals surface area contributed by atoms with Crippen molar-refractivity contribution in [2.24, 2.45) is 0 Å². The summed E-state index contributed by atoms with van der Waals surface area (Å²) in [4.78, 5) is 16.1. The number of benzene rings is 4. The van der Waals surface area contributed by atoms with Gasteiger partial charge in [-0.05, 0) is 128 Å². The van der Waals surface area contributed by atoms with Crippen molar-refractivity contribution in [3.63, 3.8) is 0 Å². The van der Waals surface area contributed by atoms with Gasteiger partial charge in [0.2, 0.25) is 0 Å². The van der Waals surface area contributed by atoms with Crippen LogP contribution in [0.2, 0.25) is 0 Å². The number of hydrogen-bond donors (Lipinski definition) is 0. The minimum absolute atomic E-state index is 0.152. The van der Waals surface area contributed by atoms with E-state index in [1.54, 1.807) is 0 Å². The van der Waals surface area contributed by atoms with Crippen LogP contribution in [0, 0.1) is 10.7 Å². The van der Waals surface area contributed by atoms with Gasteiger partial charge >= 0.3 is 5.97 Å². The van der Waals surface area contributed by atoms with Crippen LogP contribution in [-0.2, 0) is 15.7 Å². The summed E-state index contributed by atoms with van der Waals surface area (Å²) in [6.07, 6.45) is 0. The van der Waals surface area contributed by atoms with E-state index in [4.69, 9.17) is 9.47 Å². The van der Waals surface area contributed by atoms with Crippen LogP contribution in [0.15, 0.2) is 112 Å². The molecule has 0 aromatic heterocycles. The lowest BCUT2D eigenvalue weighted by Gasteiger charge is -2.11. The topological polar surface area (TPSA) is 35.5 Å². The highest BCUT2D eigenvalue weighted by Crippen LogP contribution is 2.32. The number of rotatable bonds is 7. The lowest BCUT2D eigenvalue weighted by atomic mass is 10.3. The molecule has 0 aliphatic heterocycles. The molecule has 0 saturated carbocycles. The Morgan fingerprint density at radius 1 is 0.697 bits per heavy atom. The van der Waals surface area contributed by atoms with Crippen molar-refractivity contribution < 1.29 is 14.3 Å². The van der Waals surface area contributed by atoms with Crippen LogP contribution in [0.1, 0.15) is 0 Å². The van der Waals surface area contributed by atoms with Gasteiger partial charge in [0, 0.05) is 3.57 Å². The second kappa shape index (κ2) is 11.9. The predicted molar refractivity (Wildman–Crippen MR) is 157 cm³/mol. The highest BCUT2D eigenvalue weighted by Gasteiger charge is 2.28. The highest BCUT2D eigenvalue weighted by atomic mass is 127. The van der Waals surface area contributed by atoms with Crippen LogP contribution in [0.3, 0.4) is 0 Å². The summed E-state index contributed by atoms with van der Waals surface area (Å²) in [6, 6.07) is 32.9. The monoisotopic (exact) mass is 791 g/mol. The van der Waals surface area contributed by atoms with Crippen LogP contribution in [0.5, 0.6) is 11.5 Å². The average molecular weight is 791 g/mol. The molecule has 0 fully saturated rings. The standard InChI is InChI=1S/C26H18I3O3S/c27-18-15-23(28)26(24(29)16-18)32-25(30)17-31-19-11-13-22(14-12-19)33(20-7-3-1-4-8-20)21-9-5-2-6-10-21/h1-16H,17H2/q+1. The summed E-state index contributed by atoms with van der Waals surface area (Å²) in [5.74, 6) is 0.784. The molecule has 4 aromatic rings. The summed E-state index contributed by atoms with van der Waals surface area (Å²) in [5.41, 5.74) is 0. The van der Waals surface area contributed by atoms with Crippen LogP contribution < -0.4 is 9.47 Å². The molecule has 166 valence electrons. The fraction of sp³-hybridized carbons (Fsp3) is 0.0385. The first-order valence-corrected chi connectivity index (χ1v) is 14.4. The van der Waals surface area contributed by atoms with E-state index in [0.717, 1.165) is 10.7 Å². The van der Waals surface area contributed by atoms with Gasteiger partial charge in [0.15, 0.2) is 27.0 Å². The van der Waals surface area contributed by atoms with Crippen molar-refractivity contribution in [2.45, 2.75) is 14.7 Å². The third-order valence-corrected chi connectivity index (χ3v) is 9.01. The molecule has 33 heavy (non-hydrogen) atoms. The van der Waals surface area contributed by atoms with Crippen LogP contribution in [0.25, 0.3) is 0 Å². The molecule has 0 aliphatic carbocycles. The first-order valence-electron chi connectivity index (χ1n) is 9.94. The Bertz CT molecular complexity index is 1170. The first-order chi connectivity index (χ1) is 16.0. The molecule has 0 atom stereocenters. The van der Waals surface area contributed by atoms with Crippen molar-refractivity contribution in [2.75, 3.05) is 6.61 Å². The Kier molecular flexibility index (Phi) is 8.94. The molecule has 0 aliphatic rings. The Morgan fingerprint density at radius 2 is 1.18 bits per heavy atom. The molecule has 0 amide bonds. The first kappa shape index (κ1) is 24.8. The molecule has 4 rings (SSSR count). The number of halogens is 3. The number of esters is 1. The van der Waals surface area contributed by atoms with E-state index in [1.807, 2.05) is 36.4 Å².